The number of aromatic nitrogens is 4. The van der Waals surface area contributed by atoms with E-state index in [2.05, 4.69) is 25.3 Å². The maximum atomic E-state index is 12.0. The maximum absolute atomic E-state index is 12.0. The molecule has 1 aliphatic rings. The molecule has 3 aromatic rings. The number of carbonyl (C=O) groups is 1. The van der Waals surface area contributed by atoms with E-state index >= 15 is 0 Å². The standard InChI is InChI=1S/C19H24N8O2/c1-22-18(28)12-5-6-13(25-19(12)29-2)14-8-15(26-7-3-4-11(20)9-26)16-17(21)23-10-24-27(14)16/h5-6,8,10-11H,3-4,7,9,20H2,1-2H3,(H,22,28)(H2,21,23,24)/t11-/m1/s1. The number of methoxy groups -OCH3 is 1. The molecule has 10 nitrogen and oxygen atoms in total. The molecule has 1 atom stereocenters. The van der Waals surface area contributed by atoms with Crippen LogP contribution in [0.25, 0.3) is 16.9 Å². The number of nitrogen functional groups attached to an aromatic ring is 1. The van der Waals surface area contributed by atoms with Gasteiger partial charge in [-0.25, -0.2) is 14.5 Å². The third-order valence-electron chi connectivity index (χ3n) is 5.15. The molecule has 4 rings (SSSR count). The molecule has 29 heavy (non-hydrogen) atoms. The molecule has 10 heteroatoms. The molecule has 3 aromatic heterocycles. The van der Waals surface area contributed by atoms with Crippen LogP contribution in [0.2, 0.25) is 0 Å². The Balaban J connectivity index is 1.87. The van der Waals surface area contributed by atoms with E-state index in [9.17, 15) is 4.79 Å². The number of ether oxygens (including phenoxy) is 1. The average Bonchev–Trinajstić information content (AvgIpc) is 3.14. The summed E-state index contributed by atoms with van der Waals surface area (Å²) in [4.78, 5) is 23.0. The van der Waals surface area contributed by atoms with Gasteiger partial charge >= 0.3 is 0 Å². The molecule has 0 unspecified atom stereocenters. The minimum atomic E-state index is -0.268. The van der Waals surface area contributed by atoms with Crippen LogP contribution >= 0.6 is 0 Å². The Morgan fingerprint density at radius 2 is 2.21 bits per heavy atom. The summed E-state index contributed by atoms with van der Waals surface area (Å²) in [5.41, 5.74) is 15.7. The number of nitrogens with one attached hydrogen (secondary N) is 1. The van der Waals surface area contributed by atoms with Gasteiger partial charge in [-0.3, -0.25) is 4.79 Å². The Kier molecular flexibility index (Phi) is 4.93. The minimum absolute atomic E-state index is 0.109. The van der Waals surface area contributed by atoms with Crippen molar-refractivity contribution in [1.82, 2.24) is 24.9 Å². The van der Waals surface area contributed by atoms with Gasteiger partial charge in [-0.15, -0.1) is 0 Å². The molecule has 0 saturated carbocycles. The fourth-order valence-electron chi connectivity index (χ4n) is 3.75. The summed E-state index contributed by atoms with van der Waals surface area (Å²) in [5.74, 6) is 0.352. The fraction of sp³-hybridized carbons (Fsp3) is 0.368. The Hall–Kier alpha value is -3.40. The molecule has 152 valence electrons. The van der Waals surface area contributed by atoms with Gasteiger partial charge in [-0.1, -0.05) is 0 Å². The zero-order valence-corrected chi connectivity index (χ0v) is 16.4. The van der Waals surface area contributed by atoms with Gasteiger partial charge in [0.25, 0.3) is 5.91 Å². The van der Waals surface area contributed by atoms with Crippen molar-refractivity contribution in [2.24, 2.45) is 5.73 Å². The Labute approximate surface area is 167 Å². The Bertz CT molecular complexity index is 1060. The van der Waals surface area contributed by atoms with E-state index in [1.165, 1.54) is 13.4 Å². The van der Waals surface area contributed by atoms with Gasteiger partial charge in [-0.2, -0.15) is 5.10 Å². The molecule has 4 heterocycles. The lowest BCUT2D eigenvalue weighted by molar-refractivity contribution is 0.0959. The van der Waals surface area contributed by atoms with E-state index in [0.29, 0.717) is 22.6 Å². The molecular weight excluding hydrogens is 372 g/mol. The molecule has 1 amide bonds. The van der Waals surface area contributed by atoms with Crippen LogP contribution in [0.3, 0.4) is 0 Å². The van der Waals surface area contributed by atoms with Gasteiger partial charge in [-0.05, 0) is 31.0 Å². The number of rotatable bonds is 4. The van der Waals surface area contributed by atoms with Crippen LogP contribution in [-0.2, 0) is 0 Å². The van der Waals surface area contributed by atoms with Crippen molar-refractivity contribution in [2.75, 3.05) is 37.9 Å². The van der Waals surface area contributed by atoms with Gasteiger partial charge < -0.3 is 26.4 Å². The van der Waals surface area contributed by atoms with Gasteiger partial charge in [0.2, 0.25) is 5.88 Å². The predicted octanol–water partition coefficient (Wildman–Crippen LogP) is 0.669. The first-order valence-electron chi connectivity index (χ1n) is 9.43. The summed E-state index contributed by atoms with van der Waals surface area (Å²) in [5, 5.41) is 6.97. The summed E-state index contributed by atoms with van der Waals surface area (Å²) in [6.07, 6.45) is 3.42. The first-order chi connectivity index (χ1) is 14.0. The predicted molar refractivity (Wildman–Crippen MR) is 110 cm³/mol. The largest absolute Gasteiger partial charge is 0.480 e. The smallest absolute Gasteiger partial charge is 0.256 e. The lowest BCUT2D eigenvalue weighted by Crippen LogP contribution is -2.42. The zero-order chi connectivity index (χ0) is 20.5. The van der Waals surface area contributed by atoms with Gasteiger partial charge in [0.1, 0.15) is 17.4 Å². The molecule has 0 radical (unpaired) electrons. The summed E-state index contributed by atoms with van der Waals surface area (Å²) in [7, 11) is 3.04. The second-order valence-electron chi connectivity index (χ2n) is 7.00. The molecule has 1 fully saturated rings. The van der Waals surface area contributed by atoms with Crippen LogP contribution in [0.1, 0.15) is 23.2 Å². The number of anilines is 2. The van der Waals surface area contributed by atoms with Crippen LogP contribution in [-0.4, -0.2) is 58.8 Å². The normalized spacial score (nSPS) is 16.8. The number of piperidine rings is 1. The number of hydrogen-bond acceptors (Lipinski definition) is 8. The van der Waals surface area contributed by atoms with Gasteiger partial charge in [0.05, 0.1) is 24.2 Å². The summed E-state index contributed by atoms with van der Waals surface area (Å²) >= 11 is 0. The first-order valence-corrected chi connectivity index (χ1v) is 9.43. The molecule has 1 saturated heterocycles. The van der Waals surface area contributed by atoms with Crippen molar-refractivity contribution in [3.8, 4) is 17.3 Å². The number of nitrogens with two attached hydrogens (primary N) is 2. The van der Waals surface area contributed by atoms with Crippen molar-refractivity contribution in [3.05, 3.63) is 30.1 Å². The van der Waals surface area contributed by atoms with Crippen LogP contribution in [0.4, 0.5) is 11.5 Å². The summed E-state index contributed by atoms with van der Waals surface area (Å²) in [6.45, 7) is 1.62. The van der Waals surface area contributed by atoms with E-state index in [4.69, 9.17) is 16.2 Å². The second kappa shape index (κ2) is 7.55. The third kappa shape index (κ3) is 3.31. The van der Waals surface area contributed by atoms with E-state index in [1.807, 2.05) is 6.07 Å². The SMILES string of the molecule is CNC(=O)c1ccc(-c2cc(N3CCC[C@@H](N)C3)c3c(N)ncnn23)nc1OC. The van der Waals surface area contributed by atoms with Crippen LogP contribution < -0.4 is 26.4 Å². The molecule has 1 aliphatic heterocycles. The van der Waals surface area contributed by atoms with Crippen molar-refractivity contribution < 1.29 is 9.53 Å². The highest BCUT2D eigenvalue weighted by atomic mass is 16.5. The van der Waals surface area contributed by atoms with Crippen molar-refractivity contribution in [3.63, 3.8) is 0 Å². The maximum Gasteiger partial charge on any atom is 0.256 e. The number of hydrogen-bond donors (Lipinski definition) is 3. The highest BCUT2D eigenvalue weighted by Gasteiger charge is 2.24. The van der Waals surface area contributed by atoms with Crippen molar-refractivity contribution >= 4 is 22.9 Å². The van der Waals surface area contributed by atoms with Crippen molar-refractivity contribution in [2.45, 2.75) is 18.9 Å². The number of fused-ring (bicyclic) bond motifs is 1. The van der Waals surface area contributed by atoms with E-state index in [1.54, 1.807) is 23.7 Å². The third-order valence-corrected chi connectivity index (χ3v) is 5.15. The molecule has 5 N–H and O–H groups in total. The topological polar surface area (TPSA) is 137 Å². The lowest BCUT2D eigenvalue weighted by atomic mass is 10.1. The quantitative estimate of drug-likeness (QED) is 0.585. The van der Waals surface area contributed by atoms with Crippen LogP contribution in [0, 0.1) is 0 Å². The first kappa shape index (κ1) is 18.9. The van der Waals surface area contributed by atoms with E-state index < -0.39 is 0 Å². The minimum Gasteiger partial charge on any atom is -0.480 e. The molecule has 0 spiro atoms. The number of nitrogens with zero attached hydrogens (tertiary/aromatic N) is 5. The number of amides is 1. The van der Waals surface area contributed by atoms with E-state index in [-0.39, 0.29) is 17.8 Å². The molecule has 0 bridgehead atoms. The molecule has 0 aliphatic carbocycles. The monoisotopic (exact) mass is 396 g/mol. The average molecular weight is 396 g/mol. The second-order valence-corrected chi connectivity index (χ2v) is 7.00. The van der Waals surface area contributed by atoms with Gasteiger partial charge in [0, 0.05) is 26.2 Å². The highest BCUT2D eigenvalue weighted by Crippen LogP contribution is 2.35. The van der Waals surface area contributed by atoms with Crippen molar-refractivity contribution in [1.29, 1.82) is 0 Å². The lowest BCUT2D eigenvalue weighted by Gasteiger charge is -2.32. The van der Waals surface area contributed by atoms with Gasteiger partial charge in [0.15, 0.2) is 5.82 Å². The molecular formula is C19H24N8O2. The molecule has 0 aromatic carbocycles. The number of carbonyl (C=O) groups excluding carboxylic acids is 1. The Morgan fingerprint density at radius 1 is 1.38 bits per heavy atom. The highest BCUT2D eigenvalue weighted by molar-refractivity contribution is 5.96. The Morgan fingerprint density at radius 3 is 2.93 bits per heavy atom. The number of pyridine rings is 1. The fourth-order valence-corrected chi connectivity index (χ4v) is 3.75. The van der Waals surface area contributed by atoms with Crippen LogP contribution in [0.5, 0.6) is 5.88 Å². The summed E-state index contributed by atoms with van der Waals surface area (Å²) in [6, 6.07) is 5.54. The van der Waals surface area contributed by atoms with Crippen LogP contribution in [0.15, 0.2) is 24.5 Å². The summed E-state index contributed by atoms with van der Waals surface area (Å²) < 4.78 is 7.06. The van der Waals surface area contributed by atoms with E-state index in [0.717, 1.165) is 37.3 Å². The zero-order valence-electron chi connectivity index (χ0n) is 16.4.